The van der Waals surface area contributed by atoms with E-state index >= 15 is 0 Å². The van der Waals surface area contributed by atoms with E-state index in [2.05, 4.69) is 32.4 Å². The first kappa shape index (κ1) is 15.7. The van der Waals surface area contributed by atoms with Gasteiger partial charge in [-0.15, -0.1) is 11.3 Å². The van der Waals surface area contributed by atoms with Gasteiger partial charge in [-0.2, -0.15) is 0 Å². The van der Waals surface area contributed by atoms with Gasteiger partial charge in [0.2, 0.25) is 5.91 Å². The molecule has 2 fully saturated rings. The van der Waals surface area contributed by atoms with Crippen molar-refractivity contribution in [1.82, 2.24) is 19.8 Å². The molecular formula is C18H22N4OS. The van der Waals surface area contributed by atoms with Gasteiger partial charge in [0.1, 0.15) is 0 Å². The first-order valence-electron chi connectivity index (χ1n) is 8.42. The minimum atomic E-state index is 0.134. The molecule has 126 valence electrons. The highest BCUT2D eigenvalue weighted by Gasteiger charge is 2.47. The summed E-state index contributed by atoms with van der Waals surface area (Å²) in [6.45, 7) is 6.57. The second-order valence-corrected chi connectivity index (χ2v) is 8.16. The van der Waals surface area contributed by atoms with Gasteiger partial charge in [-0.1, -0.05) is 0 Å². The highest BCUT2D eigenvalue weighted by Crippen LogP contribution is 2.41. The predicted octanol–water partition coefficient (Wildman–Crippen LogP) is 2.47. The Labute approximate surface area is 146 Å². The normalized spacial score (nSPS) is 24.4. The zero-order valence-corrected chi connectivity index (χ0v) is 14.8. The first-order valence-corrected chi connectivity index (χ1v) is 9.30. The van der Waals surface area contributed by atoms with E-state index in [1.54, 1.807) is 11.3 Å². The zero-order valence-electron chi connectivity index (χ0n) is 13.9. The molecule has 0 saturated carbocycles. The molecule has 0 bridgehead atoms. The van der Waals surface area contributed by atoms with Crippen LogP contribution >= 0.6 is 11.3 Å². The highest BCUT2D eigenvalue weighted by atomic mass is 32.1. The molecule has 4 rings (SSSR count). The number of rotatable bonds is 4. The average Bonchev–Trinajstić information content (AvgIpc) is 3.22. The van der Waals surface area contributed by atoms with Crippen molar-refractivity contribution in [2.24, 2.45) is 5.41 Å². The molecule has 2 aliphatic heterocycles. The van der Waals surface area contributed by atoms with Crippen molar-refractivity contribution in [3.8, 4) is 0 Å². The zero-order chi connectivity index (χ0) is 16.6. The molecule has 2 aromatic heterocycles. The summed E-state index contributed by atoms with van der Waals surface area (Å²) in [5, 5.41) is 3.13. The fourth-order valence-corrected chi connectivity index (χ4v) is 4.59. The Kier molecular flexibility index (Phi) is 4.10. The molecule has 0 radical (unpaired) electrons. The van der Waals surface area contributed by atoms with Gasteiger partial charge in [-0.3, -0.25) is 14.7 Å². The van der Waals surface area contributed by atoms with Crippen molar-refractivity contribution in [1.29, 1.82) is 0 Å². The van der Waals surface area contributed by atoms with Gasteiger partial charge in [0.15, 0.2) is 0 Å². The minimum Gasteiger partial charge on any atom is -0.336 e. The summed E-state index contributed by atoms with van der Waals surface area (Å²) in [4.78, 5) is 25.5. The molecule has 24 heavy (non-hydrogen) atoms. The molecule has 6 heteroatoms. The van der Waals surface area contributed by atoms with Gasteiger partial charge >= 0.3 is 0 Å². The highest BCUT2D eigenvalue weighted by molar-refractivity contribution is 7.09. The molecular weight excluding hydrogens is 320 g/mol. The van der Waals surface area contributed by atoms with Crippen LogP contribution < -0.4 is 0 Å². The van der Waals surface area contributed by atoms with Crippen LogP contribution in [-0.4, -0.2) is 45.3 Å². The molecule has 5 nitrogen and oxygen atoms in total. The molecule has 2 aliphatic rings. The number of aromatic nitrogens is 2. The topological polar surface area (TPSA) is 49.3 Å². The third-order valence-electron chi connectivity index (χ3n) is 5.10. The van der Waals surface area contributed by atoms with E-state index < -0.39 is 0 Å². The van der Waals surface area contributed by atoms with E-state index in [0.717, 1.165) is 43.3 Å². The maximum Gasteiger partial charge on any atom is 0.223 e. The van der Waals surface area contributed by atoms with Gasteiger partial charge in [-0.25, -0.2) is 4.98 Å². The molecule has 1 spiro atoms. The smallest absolute Gasteiger partial charge is 0.223 e. The summed E-state index contributed by atoms with van der Waals surface area (Å²) in [5.74, 6) is 0.284. The van der Waals surface area contributed by atoms with Crippen LogP contribution in [0.5, 0.6) is 0 Å². The molecule has 1 atom stereocenters. The van der Waals surface area contributed by atoms with Gasteiger partial charge < -0.3 is 4.90 Å². The number of hydrogen-bond donors (Lipinski definition) is 0. The predicted molar refractivity (Wildman–Crippen MR) is 93.4 cm³/mol. The summed E-state index contributed by atoms with van der Waals surface area (Å²) in [7, 11) is 0. The molecule has 4 heterocycles. The number of thiazole rings is 1. The van der Waals surface area contributed by atoms with Crippen LogP contribution in [0.1, 0.15) is 29.1 Å². The number of hydrogen-bond acceptors (Lipinski definition) is 5. The Morgan fingerprint density at radius 2 is 2.08 bits per heavy atom. The molecule has 0 N–H and O–H groups in total. The molecule has 2 saturated heterocycles. The lowest BCUT2D eigenvalue weighted by Crippen LogP contribution is -2.31. The lowest BCUT2D eigenvalue weighted by atomic mass is 9.86. The Balaban J connectivity index is 1.39. The summed E-state index contributed by atoms with van der Waals surface area (Å²) in [5.41, 5.74) is 2.45. The summed E-state index contributed by atoms with van der Waals surface area (Å²) in [6, 6.07) is 4.14. The Hall–Kier alpha value is -1.79. The van der Waals surface area contributed by atoms with Crippen LogP contribution in [0.2, 0.25) is 0 Å². The van der Waals surface area contributed by atoms with Crippen LogP contribution in [0.25, 0.3) is 0 Å². The van der Waals surface area contributed by atoms with Gasteiger partial charge in [0, 0.05) is 49.2 Å². The fourth-order valence-electron chi connectivity index (χ4n) is 3.98. The van der Waals surface area contributed by atoms with Crippen LogP contribution in [0.15, 0.2) is 29.9 Å². The monoisotopic (exact) mass is 342 g/mol. The number of carbonyl (C=O) groups excluding carboxylic acids is 1. The second kappa shape index (κ2) is 6.26. The van der Waals surface area contributed by atoms with Crippen molar-refractivity contribution in [3.63, 3.8) is 0 Å². The van der Waals surface area contributed by atoms with Gasteiger partial charge in [-0.05, 0) is 37.6 Å². The average molecular weight is 342 g/mol. The molecule has 0 aromatic carbocycles. The van der Waals surface area contributed by atoms with Crippen LogP contribution in [0.3, 0.4) is 0 Å². The number of likely N-dealkylation sites (tertiary alicyclic amines) is 2. The van der Waals surface area contributed by atoms with Crippen molar-refractivity contribution >= 4 is 17.2 Å². The van der Waals surface area contributed by atoms with Crippen LogP contribution in [0.4, 0.5) is 0 Å². The van der Waals surface area contributed by atoms with E-state index in [4.69, 9.17) is 0 Å². The van der Waals surface area contributed by atoms with Crippen molar-refractivity contribution < 1.29 is 4.79 Å². The largest absolute Gasteiger partial charge is 0.336 e. The lowest BCUT2D eigenvalue weighted by molar-refractivity contribution is -0.128. The minimum absolute atomic E-state index is 0.134. The lowest BCUT2D eigenvalue weighted by Gasteiger charge is -2.24. The van der Waals surface area contributed by atoms with E-state index in [1.165, 1.54) is 5.56 Å². The van der Waals surface area contributed by atoms with Crippen molar-refractivity contribution in [2.75, 3.05) is 19.6 Å². The number of carbonyl (C=O) groups is 1. The standard InChI is InChI=1S/C18H22N4OS/c1-14-20-16(11-24-14)10-22-13-18(8-17(22)23)4-7-21(12-18)9-15-2-5-19-6-3-15/h2-3,5-6,11H,4,7-10,12-13H2,1H3/t18-/m1/s1. The van der Waals surface area contributed by atoms with Crippen LogP contribution in [0, 0.1) is 12.3 Å². The van der Waals surface area contributed by atoms with E-state index in [-0.39, 0.29) is 11.3 Å². The maximum atomic E-state index is 12.5. The summed E-state index contributed by atoms with van der Waals surface area (Å²) >= 11 is 1.65. The molecule has 0 unspecified atom stereocenters. The quantitative estimate of drug-likeness (QED) is 0.856. The van der Waals surface area contributed by atoms with Gasteiger partial charge in [0.05, 0.1) is 17.2 Å². The summed E-state index contributed by atoms with van der Waals surface area (Å²) < 4.78 is 0. The Morgan fingerprint density at radius 1 is 1.25 bits per heavy atom. The Bertz CT molecular complexity index is 732. The molecule has 0 aliphatic carbocycles. The van der Waals surface area contributed by atoms with E-state index in [0.29, 0.717) is 13.0 Å². The number of amides is 1. The SMILES string of the molecule is Cc1nc(CN2C[C@]3(CCN(Cc4ccncc4)C3)CC2=O)cs1. The summed E-state index contributed by atoms with van der Waals surface area (Å²) in [6.07, 6.45) is 5.48. The molecule has 2 aromatic rings. The number of aryl methyl sites for hydroxylation is 1. The van der Waals surface area contributed by atoms with E-state index in [1.807, 2.05) is 24.2 Å². The van der Waals surface area contributed by atoms with Crippen LogP contribution in [-0.2, 0) is 17.9 Å². The fraction of sp³-hybridized carbons (Fsp3) is 0.500. The van der Waals surface area contributed by atoms with Crippen molar-refractivity contribution in [2.45, 2.75) is 32.9 Å². The first-order chi connectivity index (χ1) is 11.6. The second-order valence-electron chi connectivity index (χ2n) is 7.10. The molecule has 1 amide bonds. The number of nitrogens with zero attached hydrogens (tertiary/aromatic N) is 4. The Morgan fingerprint density at radius 3 is 2.83 bits per heavy atom. The van der Waals surface area contributed by atoms with Gasteiger partial charge in [0.25, 0.3) is 0 Å². The third-order valence-corrected chi connectivity index (χ3v) is 5.92. The van der Waals surface area contributed by atoms with E-state index in [9.17, 15) is 4.79 Å². The maximum absolute atomic E-state index is 12.5. The third kappa shape index (κ3) is 3.21. The van der Waals surface area contributed by atoms with Crippen molar-refractivity contribution in [3.05, 3.63) is 46.2 Å². The number of pyridine rings is 1.